The van der Waals surface area contributed by atoms with Crippen molar-refractivity contribution in [1.82, 2.24) is 5.32 Å². The average Bonchev–Trinajstić information content (AvgIpc) is 2.04. The van der Waals surface area contributed by atoms with Crippen LogP contribution >= 0.6 is 24.8 Å². The number of halogens is 2. The number of rotatable bonds is 2. The van der Waals surface area contributed by atoms with Gasteiger partial charge in [-0.15, -0.1) is 24.8 Å². The Bertz CT molecular complexity index is 129. The molecule has 0 spiro atoms. The number of hydrogen-bond acceptors (Lipinski definition) is 3. The smallest absolute Gasteiger partial charge is 0.0716 e. The Balaban J connectivity index is 0. The molecule has 0 aromatic carbocycles. The topological polar surface area (TPSA) is 58.3 Å². The Labute approximate surface area is 92.3 Å². The van der Waals surface area contributed by atoms with Gasteiger partial charge in [-0.3, -0.25) is 0 Å². The second-order valence-corrected chi connectivity index (χ2v) is 3.66. The minimum Gasteiger partial charge on any atom is -0.391 e. The molecule has 0 aromatic heterocycles. The molecule has 1 rings (SSSR count). The van der Waals surface area contributed by atoms with Gasteiger partial charge in [0.1, 0.15) is 0 Å². The Morgan fingerprint density at radius 1 is 1.38 bits per heavy atom. The minimum atomic E-state index is -0.329. The van der Waals surface area contributed by atoms with E-state index in [0.29, 0.717) is 6.54 Å². The van der Waals surface area contributed by atoms with Gasteiger partial charge in [0.25, 0.3) is 0 Å². The number of aliphatic hydroxyl groups is 1. The summed E-state index contributed by atoms with van der Waals surface area (Å²) < 4.78 is 0. The normalized spacial score (nSPS) is 22.4. The lowest BCUT2D eigenvalue weighted by molar-refractivity contribution is 0.0215. The fourth-order valence-electron chi connectivity index (χ4n) is 1.62. The summed E-state index contributed by atoms with van der Waals surface area (Å²) in [6.07, 6.45) is 1.74. The monoisotopic (exact) mass is 230 g/mol. The first-order valence-corrected chi connectivity index (χ1v) is 4.28. The predicted octanol–water partition coefficient (Wildman–Crippen LogP) is 0.539. The van der Waals surface area contributed by atoms with Crippen molar-refractivity contribution in [3.8, 4) is 0 Å². The summed E-state index contributed by atoms with van der Waals surface area (Å²) >= 11 is 0. The van der Waals surface area contributed by atoms with Crippen LogP contribution in [0.3, 0.4) is 0 Å². The first kappa shape index (κ1) is 15.9. The van der Waals surface area contributed by atoms with Gasteiger partial charge in [-0.2, -0.15) is 0 Å². The van der Waals surface area contributed by atoms with Crippen molar-refractivity contribution in [3.05, 3.63) is 0 Å². The van der Waals surface area contributed by atoms with Gasteiger partial charge in [0, 0.05) is 6.54 Å². The van der Waals surface area contributed by atoms with E-state index in [1.54, 1.807) is 0 Å². The quantitative estimate of drug-likeness (QED) is 0.650. The van der Waals surface area contributed by atoms with Crippen molar-refractivity contribution < 1.29 is 5.11 Å². The van der Waals surface area contributed by atoms with Crippen LogP contribution in [0.4, 0.5) is 0 Å². The van der Waals surface area contributed by atoms with Gasteiger partial charge in [0.2, 0.25) is 0 Å². The van der Waals surface area contributed by atoms with E-state index in [-0.39, 0.29) is 36.3 Å². The van der Waals surface area contributed by atoms with E-state index in [2.05, 4.69) is 12.2 Å². The van der Waals surface area contributed by atoms with Gasteiger partial charge in [0.15, 0.2) is 0 Å². The highest BCUT2D eigenvalue weighted by atomic mass is 35.5. The largest absolute Gasteiger partial charge is 0.391 e. The number of piperidine rings is 1. The van der Waals surface area contributed by atoms with E-state index in [9.17, 15) is 5.11 Å². The molecule has 0 aromatic rings. The third-order valence-corrected chi connectivity index (χ3v) is 2.77. The van der Waals surface area contributed by atoms with Gasteiger partial charge in [-0.1, -0.05) is 6.92 Å². The molecule has 5 heteroatoms. The molecule has 1 fully saturated rings. The van der Waals surface area contributed by atoms with Crippen LogP contribution in [0.2, 0.25) is 0 Å². The first-order chi connectivity index (χ1) is 5.19. The maximum Gasteiger partial charge on any atom is 0.0716 e. The second kappa shape index (κ2) is 6.85. The highest BCUT2D eigenvalue weighted by molar-refractivity contribution is 5.85. The summed E-state index contributed by atoms with van der Waals surface area (Å²) in [5.41, 5.74) is 5.47. The lowest BCUT2D eigenvalue weighted by Gasteiger charge is -2.37. The number of nitrogens with one attached hydrogen (secondary N) is 1. The standard InChI is InChI=1S/C8H18N2O.2ClH/c1-8(7(11)6-9)2-4-10-5-3-8;;/h7,10-11H,2-6,9H2,1H3;2*1H. The van der Waals surface area contributed by atoms with Crippen molar-refractivity contribution in [2.75, 3.05) is 19.6 Å². The number of nitrogens with two attached hydrogens (primary N) is 1. The highest BCUT2D eigenvalue weighted by Crippen LogP contribution is 2.31. The van der Waals surface area contributed by atoms with E-state index >= 15 is 0 Å². The Morgan fingerprint density at radius 3 is 2.23 bits per heavy atom. The minimum absolute atomic E-state index is 0. The van der Waals surface area contributed by atoms with Gasteiger partial charge in [-0.05, 0) is 31.3 Å². The summed E-state index contributed by atoms with van der Waals surface area (Å²) in [5.74, 6) is 0. The molecule has 0 saturated carbocycles. The van der Waals surface area contributed by atoms with Crippen molar-refractivity contribution in [1.29, 1.82) is 0 Å². The van der Waals surface area contributed by atoms with Crippen LogP contribution in [-0.4, -0.2) is 30.8 Å². The Hall–Kier alpha value is 0.460. The molecule has 3 nitrogen and oxygen atoms in total. The van der Waals surface area contributed by atoms with Gasteiger partial charge in [-0.25, -0.2) is 0 Å². The molecule has 1 unspecified atom stereocenters. The molecule has 4 N–H and O–H groups in total. The SMILES string of the molecule is CC1(C(O)CN)CCNCC1.Cl.Cl. The number of aliphatic hydroxyl groups excluding tert-OH is 1. The summed E-state index contributed by atoms with van der Waals surface area (Å²) in [6, 6.07) is 0. The van der Waals surface area contributed by atoms with E-state index < -0.39 is 0 Å². The third kappa shape index (κ3) is 4.00. The molecule has 1 aliphatic heterocycles. The van der Waals surface area contributed by atoms with Crippen LogP contribution in [0, 0.1) is 5.41 Å². The van der Waals surface area contributed by atoms with E-state index in [1.807, 2.05) is 0 Å². The molecule has 1 aliphatic rings. The fraction of sp³-hybridized carbons (Fsp3) is 1.00. The zero-order valence-electron chi connectivity index (χ0n) is 7.95. The van der Waals surface area contributed by atoms with Gasteiger partial charge < -0.3 is 16.2 Å². The zero-order valence-corrected chi connectivity index (χ0v) is 9.59. The molecule has 1 heterocycles. The van der Waals surface area contributed by atoms with Crippen molar-refractivity contribution in [3.63, 3.8) is 0 Å². The highest BCUT2D eigenvalue weighted by Gasteiger charge is 2.33. The van der Waals surface area contributed by atoms with Gasteiger partial charge in [0.05, 0.1) is 6.10 Å². The summed E-state index contributed by atoms with van der Waals surface area (Å²) in [7, 11) is 0. The van der Waals surface area contributed by atoms with Crippen LogP contribution in [0.1, 0.15) is 19.8 Å². The first-order valence-electron chi connectivity index (χ1n) is 4.28. The summed E-state index contributed by atoms with van der Waals surface area (Å²) in [5, 5.41) is 12.9. The average molecular weight is 231 g/mol. The molecule has 0 bridgehead atoms. The van der Waals surface area contributed by atoms with Crippen LogP contribution in [-0.2, 0) is 0 Å². The molecule has 1 saturated heterocycles. The Kier molecular flexibility index (Phi) is 8.38. The van der Waals surface area contributed by atoms with Crippen LogP contribution in [0.25, 0.3) is 0 Å². The molecular weight excluding hydrogens is 211 g/mol. The predicted molar refractivity (Wildman–Crippen MR) is 59.8 cm³/mol. The molecule has 1 atom stereocenters. The lowest BCUT2D eigenvalue weighted by atomic mass is 9.76. The molecular formula is C8H20Cl2N2O. The number of hydrogen-bond donors (Lipinski definition) is 3. The maximum absolute atomic E-state index is 9.59. The fourth-order valence-corrected chi connectivity index (χ4v) is 1.62. The van der Waals surface area contributed by atoms with Crippen molar-refractivity contribution >= 4 is 24.8 Å². The Morgan fingerprint density at radius 2 is 1.85 bits per heavy atom. The van der Waals surface area contributed by atoms with E-state index in [1.165, 1.54) is 0 Å². The summed E-state index contributed by atoms with van der Waals surface area (Å²) in [4.78, 5) is 0. The molecule has 0 amide bonds. The molecule has 0 aliphatic carbocycles. The molecule has 0 radical (unpaired) electrons. The maximum atomic E-state index is 9.59. The summed E-state index contributed by atoms with van der Waals surface area (Å²) in [6.45, 7) is 4.52. The van der Waals surface area contributed by atoms with E-state index in [0.717, 1.165) is 25.9 Å². The van der Waals surface area contributed by atoms with Crippen LogP contribution in [0.5, 0.6) is 0 Å². The van der Waals surface area contributed by atoms with Crippen molar-refractivity contribution in [2.24, 2.45) is 11.1 Å². The second-order valence-electron chi connectivity index (χ2n) is 3.66. The lowest BCUT2D eigenvalue weighted by Crippen LogP contribution is -2.45. The van der Waals surface area contributed by atoms with Crippen LogP contribution in [0.15, 0.2) is 0 Å². The van der Waals surface area contributed by atoms with Crippen LogP contribution < -0.4 is 11.1 Å². The molecule has 82 valence electrons. The van der Waals surface area contributed by atoms with E-state index in [4.69, 9.17) is 5.73 Å². The zero-order chi connectivity index (χ0) is 8.32. The van der Waals surface area contributed by atoms with Gasteiger partial charge >= 0.3 is 0 Å². The van der Waals surface area contributed by atoms with Crippen molar-refractivity contribution in [2.45, 2.75) is 25.9 Å². The molecule has 13 heavy (non-hydrogen) atoms. The third-order valence-electron chi connectivity index (χ3n) is 2.77.